The first-order valence-electron chi connectivity index (χ1n) is 8.99. The first-order valence-corrected chi connectivity index (χ1v) is 10.6. The molecular formula is C17H20F3N5O2S. The molecule has 0 bridgehead atoms. The van der Waals surface area contributed by atoms with E-state index >= 15 is 0 Å². The van der Waals surface area contributed by atoms with Crippen LogP contribution >= 0.6 is 0 Å². The first kappa shape index (κ1) is 19.2. The fraction of sp³-hybridized carbons (Fsp3) is 0.529. The van der Waals surface area contributed by atoms with Gasteiger partial charge in [-0.05, 0) is 24.8 Å². The fourth-order valence-corrected chi connectivity index (χ4v) is 5.39. The predicted octanol–water partition coefficient (Wildman–Crippen LogP) is 2.96. The molecule has 0 amide bonds. The molecule has 3 aromatic rings. The number of rotatable bonds is 5. The minimum atomic E-state index is -4.49. The van der Waals surface area contributed by atoms with Crippen molar-refractivity contribution in [2.45, 2.75) is 44.3 Å². The van der Waals surface area contributed by atoms with Gasteiger partial charge in [0.15, 0.2) is 11.3 Å². The van der Waals surface area contributed by atoms with Crippen molar-refractivity contribution >= 4 is 26.8 Å². The maximum absolute atomic E-state index is 12.3. The van der Waals surface area contributed by atoms with E-state index in [2.05, 4.69) is 19.7 Å². The summed E-state index contributed by atoms with van der Waals surface area (Å²) in [6, 6.07) is 1.50. The van der Waals surface area contributed by atoms with Gasteiger partial charge in [-0.1, -0.05) is 6.92 Å². The fourth-order valence-electron chi connectivity index (χ4n) is 4.07. The lowest BCUT2D eigenvalue weighted by Gasteiger charge is -2.15. The van der Waals surface area contributed by atoms with Gasteiger partial charge in [0.1, 0.15) is 0 Å². The zero-order valence-electron chi connectivity index (χ0n) is 15.1. The maximum atomic E-state index is 12.3. The molecule has 152 valence electrons. The molecule has 11 heteroatoms. The van der Waals surface area contributed by atoms with E-state index in [1.807, 2.05) is 17.4 Å². The van der Waals surface area contributed by atoms with Crippen molar-refractivity contribution in [2.75, 3.05) is 5.75 Å². The van der Waals surface area contributed by atoms with Crippen LogP contribution in [0.4, 0.5) is 13.2 Å². The molecule has 1 fully saturated rings. The highest BCUT2D eigenvalue weighted by atomic mass is 32.2. The van der Waals surface area contributed by atoms with E-state index in [1.54, 1.807) is 18.6 Å². The van der Waals surface area contributed by atoms with Crippen LogP contribution in [0.1, 0.15) is 37.8 Å². The number of aromatic nitrogens is 4. The number of fused-ring (bicyclic) bond motifs is 3. The minimum Gasteiger partial charge on any atom is -0.345 e. The lowest BCUT2D eigenvalue weighted by molar-refractivity contribution is -0.130. The second kappa shape index (κ2) is 6.73. The molecule has 28 heavy (non-hydrogen) atoms. The van der Waals surface area contributed by atoms with E-state index in [9.17, 15) is 21.6 Å². The van der Waals surface area contributed by atoms with Gasteiger partial charge in [-0.2, -0.15) is 13.2 Å². The lowest BCUT2D eigenvalue weighted by Crippen LogP contribution is -2.36. The van der Waals surface area contributed by atoms with Gasteiger partial charge in [-0.25, -0.2) is 23.1 Å². The van der Waals surface area contributed by atoms with Crippen molar-refractivity contribution in [3.8, 4) is 0 Å². The molecule has 2 N–H and O–H groups in total. The number of nitrogens with zero attached hydrogens (tertiary/aromatic N) is 3. The Hall–Kier alpha value is -2.14. The summed E-state index contributed by atoms with van der Waals surface area (Å²) < 4.78 is 65.6. The van der Waals surface area contributed by atoms with Crippen LogP contribution in [0.25, 0.3) is 16.8 Å². The number of H-pyrrole nitrogens is 1. The van der Waals surface area contributed by atoms with Crippen molar-refractivity contribution in [3.05, 3.63) is 30.4 Å². The monoisotopic (exact) mass is 415 g/mol. The first-order chi connectivity index (χ1) is 13.1. The summed E-state index contributed by atoms with van der Waals surface area (Å²) in [7, 11) is -3.99. The Morgan fingerprint density at radius 2 is 2.07 bits per heavy atom. The summed E-state index contributed by atoms with van der Waals surface area (Å²) in [5.74, 6) is -0.764. The number of halogens is 3. The third-order valence-corrected chi connectivity index (χ3v) is 6.77. The third kappa shape index (κ3) is 3.72. The summed E-state index contributed by atoms with van der Waals surface area (Å²) >= 11 is 0. The topological polar surface area (TPSA) is 92.2 Å². The van der Waals surface area contributed by atoms with Crippen molar-refractivity contribution in [1.82, 2.24) is 24.1 Å². The molecule has 0 spiro atoms. The van der Waals surface area contributed by atoms with Gasteiger partial charge in [0.25, 0.3) is 0 Å². The molecule has 3 heterocycles. The highest BCUT2D eigenvalue weighted by Gasteiger charge is 2.37. The largest absolute Gasteiger partial charge is 0.390 e. The van der Waals surface area contributed by atoms with Gasteiger partial charge in [0.2, 0.25) is 10.0 Å². The van der Waals surface area contributed by atoms with Gasteiger partial charge < -0.3 is 4.98 Å². The summed E-state index contributed by atoms with van der Waals surface area (Å²) in [4.78, 5) is 11.8. The number of hydrogen-bond donors (Lipinski definition) is 2. The molecule has 1 aliphatic carbocycles. The van der Waals surface area contributed by atoms with Crippen LogP contribution in [0.15, 0.2) is 24.7 Å². The quantitative estimate of drug-likeness (QED) is 0.670. The van der Waals surface area contributed by atoms with Gasteiger partial charge in [0, 0.05) is 30.0 Å². The number of nitrogens with one attached hydrogen (secondary N) is 2. The minimum absolute atomic E-state index is 0.0332. The van der Waals surface area contributed by atoms with E-state index in [0.717, 1.165) is 16.9 Å². The number of hydrogen-bond acceptors (Lipinski definition) is 4. The maximum Gasteiger partial charge on any atom is 0.390 e. The van der Waals surface area contributed by atoms with Crippen molar-refractivity contribution in [3.63, 3.8) is 0 Å². The molecule has 7 nitrogen and oxygen atoms in total. The summed E-state index contributed by atoms with van der Waals surface area (Å²) in [5.41, 5.74) is 3.25. The summed E-state index contributed by atoms with van der Waals surface area (Å²) in [6.07, 6.45) is 0.451. The Balaban J connectivity index is 1.55. The molecule has 1 aliphatic rings. The normalized spacial score (nSPS) is 23.8. The Bertz CT molecular complexity index is 1110. The van der Waals surface area contributed by atoms with Crippen LogP contribution in [0.5, 0.6) is 0 Å². The zero-order chi connectivity index (χ0) is 20.1. The van der Waals surface area contributed by atoms with Crippen molar-refractivity contribution < 1.29 is 21.6 Å². The number of alkyl halides is 3. The predicted molar refractivity (Wildman–Crippen MR) is 97.4 cm³/mol. The Kier molecular flexibility index (Phi) is 4.61. The molecule has 1 saturated carbocycles. The van der Waals surface area contributed by atoms with E-state index < -0.39 is 34.4 Å². The van der Waals surface area contributed by atoms with Crippen LogP contribution < -0.4 is 4.72 Å². The Morgan fingerprint density at radius 1 is 1.29 bits per heavy atom. The molecule has 0 radical (unpaired) electrons. The molecule has 3 aromatic heterocycles. The van der Waals surface area contributed by atoms with Crippen LogP contribution in [0, 0.1) is 5.92 Å². The average Bonchev–Trinajstić information content (AvgIpc) is 3.29. The van der Waals surface area contributed by atoms with Gasteiger partial charge >= 0.3 is 6.18 Å². The van der Waals surface area contributed by atoms with Gasteiger partial charge in [-0.15, -0.1) is 0 Å². The second-order valence-corrected chi connectivity index (χ2v) is 9.27. The van der Waals surface area contributed by atoms with Crippen molar-refractivity contribution in [1.29, 1.82) is 0 Å². The van der Waals surface area contributed by atoms with Crippen LogP contribution in [0.2, 0.25) is 0 Å². The van der Waals surface area contributed by atoms with Crippen LogP contribution in [0.3, 0.4) is 0 Å². The molecule has 4 rings (SSSR count). The molecular weight excluding hydrogens is 395 g/mol. The average molecular weight is 415 g/mol. The number of sulfonamides is 1. The molecule has 1 unspecified atom stereocenters. The van der Waals surface area contributed by atoms with Gasteiger partial charge in [0.05, 0.1) is 23.9 Å². The van der Waals surface area contributed by atoms with Crippen molar-refractivity contribution in [2.24, 2.45) is 5.92 Å². The Labute approximate surface area is 159 Å². The zero-order valence-corrected chi connectivity index (χ0v) is 15.9. The number of imidazole rings is 1. The molecule has 0 saturated heterocycles. The van der Waals surface area contributed by atoms with E-state index in [-0.39, 0.29) is 11.8 Å². The van der Waals surface area contributed by atoms with E-state index in [0.29, 0.717) is 18.5 Å². The standard InChI is InChI=1S/C17H20F3N5O2S/c1-10-6-11(24-28(26,27)5-3-17(18,19)20)7-12(10)14-8-22-15-9-23-16-13(25(14)15)2-4-21-16/h2,4,8-12,21,24H,3,5-7H2,1H3/t10-,11+,12?/m0/s1. The van der Waals surface area contributed by atoms with Crippen LogP contribution in [-0.4, -0.2) is 45.7 Å². The Morgan fingerprint density at radius 3 is 2.82 bits per heavy atom. The highest BCUT2D eigenvalue weighted by molar-refractivity contribution is 7.89. The van der Waals surface area contributed by atoms with Gasteiger partial charge in [-0.3, -0.25) is 4.40 Å². The second-order valence-electron chi connectivity index (χ2n) is 7.40. The number of aromatic amines is 1. The highest BCUT2D eigenvalue weighted by Crippen LogP contribution is 2.40. The third-order valence-electron chi connectivity index (χ3n) is 5.33. The SMILES string of the molecule is C[C@H]1C[C@@H](NS(=O)(=O)CCC(F)(F)F)CC1c1cnc2cnc3[nH]ccc3n12. The smallest absolute Gasteiger partial charge is 0.345 e. The molecule has 0 aromatic carbocycles. The lowest BCUT2D eigenvalue weighted by atomic mass is 9.95. The molecule has 0 aliphatic heterocycles. The summed E-state index contributed by atoms with van der Waals surface area (Å²) in [6.45, 7) is 2.02. The van der Waals surface area contributed by atoms with Crippen LogP contribution in [-0.2, 0) is 10.0 Å². The molecule has 3 atom stereocenters. The summed E-state index contributed by atoms with van der Waals surface area (Å²) in [5, 5.41) is 0. The van der Waals surface area contributed by atoms with E-state index in [1.165, 1.54) is 0 Å². The van der Waals surface area contributed by atoms with E-state index in [4.69, 9.17) is 0 Å².